The Morgan fingerprint density at radius 1 is 0.826 bits per heavy atom. The van der Waals surface area contributed by atoms with Gasteiger partial charge in [0, 0.05) is 56.9 Å². The molecule has 3 rings (SSSR count). The van der Waals surface area contributed by atoms with E-state index in [2.05, 4.69) is 86.6 Å². The van der Waals surface area contributed by atoms with Crippen molar-refractivity contribution in [1.82, 2.24) is 4.98 Å². The van der Waals surface area contributed by atoms with Crippen LogP contribution < -0.4 is 15.1 Å². The summed E-state index contributed by atoms with van der Waals surface area (Å²) in [5, 5.41) is 5.86. The molecule has 4 heteroatoms. The van der Waals surface area contributed by atoms with Crippen LogP contribution in [0.25, 0.3) is 21.8 Å². The van der Waals surface area contributed by atoms with Crippen LogP contribution in [0.15, 0.2) is 36.4 Å². The number of hydrogen-bond donors (Lipinski definition) is 1. The third-order valence-electron chi connectivity index (χ3n) is 4.13. The zero-order valence-electron chi connectivity index (χ0n) is 14.5. The first kappa shape index (κ1) is 15.4. The van der Waals surface area contributed by atoms with Crippen LogP contribution >= 0.6 is 0 Å². The summed E-state index contributed by atoms with van der Waals surface area (Å²) in [4.78, 5) is 9.12. The molecule has 2 aromatic carbocycles. The summed E-state index contributed by atoms with van der Waals surface area (Å²) in [6.45, 7) is 3.01. The second-order valence-electron chi connectivity index (χ2n) is 6.21. The Kier molecular flexibility index (Phi) is 3.99. The second-order valence-corrected chi connectivity index (χ2v) is 6.21. The average Bonchev–Trinajstić information content (AvgIpc) is 2.53. The fraction of sp³-hybridized carbons (Fsp3) is 0.316. The van der Waals surface area contributed by atoms with Crippen molar-refractivity contribution in [2.45, 2.75) is 6.92 Å². The number of fused-ring (bicyclic) bond motifs is 2. The molecule has 0 atom stereocenters. The Morgan fingerprint density at radius 3 is 1.70 bits per heavy atom. The highest BCUT2D eigenvalue weighted by Crippen LogP contribution is 2.34. The van der Waals surface area contributed by atoms with E-state index in [1.807, 2.05) is 0 Å². The highest BCUT2D eigenvalue weighted by molar-refractivity contribution is 6.08. The number of rotatable bonds is 4. The molecule has 0 aliphatic heterocycles. The largest absolute Gasteiger partial charge is 0.384 e. The SMILES string of the molecule is CCNc1c2ccc(N(C)C)cc2nc2cc(N(C)C)ccc12. The van der Waals surface area contributed by atoms with Gasteiger partial charge in [0.05, 0.1) is 16.7 Å². The minimum Gasteiger partial charge on any atom is -0.384 e. The van der Waals surface area contributed by atoms with Gasteiger partial charge in [-0.3, -0.25) is 0 Å². The van der Waals surface area contributed by atoms with Crippen LogP contribution in [0.1, 0.15) is 6.92 Å². The van der Waals surface area contributed by atoms with Gasteiger partial charge in [0.15, 0.2) is 0 Å². The number of anilines is 3. The third-order valence-corrected chi connectivity index (χ3v) is 4.13. The number of nitrogens with one attached hydrogen (secondary N) is 1. The number of hydrogen-bond acceptors (Lipinski definition) is 4. The van der Waals surface area contributed by atoms with Crippen molar-refractivity contribution in [3.05, 3.63) is 36.4 Å². The van der Waals surface area contributed by atoms with Gasteiger partial charge >= 0.3 is 0 Å². The van der Waals surface area contributed by atoms with Crippen molar-refractivity contribution in [3.63, 3.8) is 0 Å². The summed E-state index contributed by atoms with van der Waals surface area (Å²) in [6.07, 6.45) is 0. The molecule has 0 aliphatic carbocycles. The second kappa shape index (κ2) is 5.95. The first-order chi connectivity index (χ1) is 11.0. The predicted octanol–water partition coefficient (Wildman–Crippen LogP) is 3.95. The molecule has 0 radical (unpaired) electrons. The molecule has 0 bridgehead atoms. The summed E-state index contributed by atoms with van der Waals surface area (Å²) in [5.41, 5.74) is 5.54. The molecular formula is C19H24N4. The maximum absolute atomic E-state index is 4.91. The topological polar surface area (TPSA) is 31.4 Å². The lowest BCUT2D eigenvalue weighted by Gasteiger charge is -2.17. The fourth-order valence-electron chi connectivity index (χ4n) is 2.85. The third kappa shape index (κ3) is 2.77. The van der Waals surface area contributed by atoms with E-state index in [-0.39, 0.29) is 0 Å². The van der Waals surface area contributed by atoms with Crippen LogP contribution in [0.3, 0.4) is 0 Å². The lowest BCUT2D eigenvalue weighted by atomic mass is 10.1. The normalized spacial score (nSPS) is 11.0. The Morgan fingerprint density at radius 2 is 1.30 bits per heavy atom. The van der Waals surface area contributed by atoms with Gasteiger partial charge in [-0.2, -0.15) is 0 Å². The summed E-state index contributed by atoms with van der Waals surface area (Å²) >= 11 is 0. The number of pyridine rings is 1. The first-order valence-electron chi connectivity index (χ1n) is 7.97. The lowest BCUT2D eigenvalue weighted by Crippen LogP contribution is -2.09. The zero-order valence-corrected chi connectivity index (χ0v) is 14.5. The van der Waals surface area contributed by atoms with Crippen LogP contribution in [0, 0.1) is 0 Å². The molecule has 1 N–H and O–H groups in total. The molecule has 1 aromatic heterocycles. The molecule has 120 valence electrons. The van der Waals surface area contributed by atoms with Crippen LogP contribution in [-0.2, 0) is 0 Å². The van der Waals surface area contributed by atoms with Gasteiger partial charge in [0.25, 0.3) is 0 Å². The van der Waals surface area contributed by atoms with E-state index in [0.29, 0.717) is 0 Å². The van der Waals surface area contributed by atoms with Crippen LogP contribution in [-0.4, -0.2) is 39.7 Å². The van der Waals surface area contributed by atoms with E-state index < -0.39 is 0 Å². The van der Waals surface area contributed by atoms with E-state index in [0.717, 1.165) is 29.0 Å². The van der Waals surface area contributed by atoms with Crippen molar-refractivity contribution < 1.29 is 0 Å². The van der Waals surface area contributed by atoms with Gasteiger partial charge in [-0.15, -0.1) is 0 Å². The van der Waals surface area contributed by atoms with Gasteiger partial charge in [0.2, 0.25) is 0 Å². The van der Waals surface area contributed by atoms with Gasteiger partial charge in [-0.1, -0.05) is 0 Å². The van der Waals surface area contributed by atoms with E-state index in [9.17, 15) is 0 Å². The summed E-state index contributed by atoms with van der Waals surface area (Å²) in [5.74, 6) is 0. The quantitative estimate of drug-likeness (QED) is 0.739. The molecule has 0 amide bonds. The number of aromatic nitrogens is 1. The van der Waals surface area contributed by atoms with Crippen LogP contribution in [0.4, 0.5) is 17.1 Å². The number of benzene rings is 2. The Labute approximate surface area is 137 Å². The van der Waals surface area contributed by atoms with Crippen molar-refractivity contribution in [2.24, 2.45) is 0 Å². The highest BCUT2D eigenvalue weighted by atomic mass is 15.1. The minimum absolute atomic E-state index is 0.888. The number of nitrogens with zero attached hydrogens (tertiary/aromatic N) is 3. The van der Waals surface area contributed by atoms with Gasteiger partial charge in [-0.05, 0) is 43.3 Å². The average molecular weight is 308 g/mol. The van der Waals surface area contributed by atoms with Crippen molar-refractivity contribution >= 4 is 38.9 Å². The van der Waals surface area contributed by atoms with Gasteiger partial charge in [-0.25, -0.2) is 4.98 Å². The Hall–Kier alpha value is -2.49. The summed E-state index contributed by atoms with van der Waals surface area (Å²) in [6, 6.07) is 12.9. The molecule has 3 aromatic rings. The molecule has 1 heterocycles. The van der Waals surface area contributed by atoms with Crippen molar-refractivity contribution in [2.75, 3.05) is 49.9 Å². The van der Waals surface area contributed by atoms with Gasteiger partial charge in [0.1, 0.15) is 0 Å². The molecule has 0 saturated heterocycles. The maximum Gasteiger partial charge on any atom is 0.0751 e. The molecular weight excluding hydrogens is 284 g/mol. The Bertz CT molecular complexity index is 787. The van der Waals surface area contributed by atoms with Crippen molar-refractivity contribution in [1.29, 1.82) is 0 Å². The highest BCUT2D eigenvalue weighted by Gasteiger charge is 2.11. The first-order valence-corrected chi connectivity index (χ1v) is 7.97. The molecule has 0 saturated carbocycles. The standard InChI is InChI=1S/C19H24N4/c1-6-20-19-15-9-7-13(22(2)3)11-17(15)21-18-12-14(23(4)5)8-10-16(18)19/h7-12H,6H2,1-5H3,(H,20,21). The predicted molar refractivity (Wildman–Crippen MR) is 102 cm³/mol. The molecule has 0 aliphatic rings. The van der Waals surface area contributed by atoms with Crippen LogP contribution in [0.2, 0.25) is 0 Å². The summed E-state index contributed by atoms with van der Waals surface area (Å²) < 4.78 is 0. The molecule has 0 spiro atoms. The van der Waals surface area contributed by atoms with E-state index in [4.69, 9.17) is 4.98 Å². The minimum atomic E-state index is 0.888. The van der Waals surface area contributed by atoms with E-state index in [1.165, 1.54) is 16.5 Å². The van der Waals surface area contributed by atoms with Gasteiger partial charge < -0.3 is 15.1 Å². The Balaban J connectivity index is 2.33. The smallest absolute Gasteiger partial charge is 0.0751 e. The molecule has 4 nitrogen and oxygen atoms in total. The monoisotopic (exact) mass is 308 g/mol. The fourth-order valence-corrected chi connectivity index (χ4v) is 2.85. The molecule has 23 heavy (non-hydrogen) atoms. The lowest BCUT2D eigenvalue weighted by molar-refractivity contribution is 1.13. The maximum atomic E-state index is 4.91. The summed E-state index contributed by atoms with van der Waals surface area (Å²) in [7, 11) is 8.21. The van der Waals surface area contributed by atoms with E-state index in [1.54, 1.807) is 0 Å². The van der Waals surface area contributed by atoms with E-state index >= 15 is 0 Å². The van der Waals surface area contributed by atoms with Crippen molar-refractivity contribution in [3.8, 4) is 0 Å². The molecule has 0 unspecified atom stereocenters. The zero-order chi connectivity index (χ0) is 16.6. The molecule has 0 fully saturated rings. The van der Waals surface area contributed by atoms with Crippen LogP contribution in [0.5, 0.6) is 0 Å².